The fraction of sp³-hybridized carbons (Fsp3) is 0.438. The molecule has 24 heavy (non-hydrogen) atoms. The van der Waals surface area contributed by atoms with Crippen molar-refractivity contribution < 1.29 is 9.59 Å². The lowest BCUT2D eigenvalue weighted by molar-refractivity contribution is -0.114. The summed E-state index contributed by atoms with van der Waals surface area (Å²) < 4.78 is 0. The highest BCUT2D eigenvalue weighted by molar-refractivity contribution is 7.17. The van der Waals surface area contributed by atoms with Crippen LogP contribution in [0.2, 0.25) is 0 Å². The third-order valence-electron chi connectivity index (χ3n) is 3.58. The number of nitrogens with zero attached hydrogens (tertiary/aromatic N) is 4. The van der Waals surface area contributed by atoms with Gasteiger partial charge in [-0.1, -0.05) is 25.2 Å². The average molecular weight is 345 g/mol. The Morgan fingerprint density at radius 2 is 2.08 bits per heavy atom. The minimum absolute atomic E-state index is 0.104. The smallest absolute Gasteiger partial charge is 0.266 e. The Hall–Kier alpha value is -2.35. The van der Waals surface area contributed by atoms with E-state index in [1.807, 2.05) is 6.20 Å². The number of fused-ring (bicyclic) bond motifs is 1. The molecule has 0 radical (unpaired) electrons. The molecule has 0 saturated heterocycles. The van der Waals surface area contributed by atoms with Gasteiger partial charge in [-0.15, -0.1) is 0 Å². The number of hydrogen-bond donors (Lipinski definition) is 1. The Kier molecular flexibility index (Phi) is 4.57. The van der Waals surface area contributed by atoms with Crippen molar-refractivity contribution in [2.24, 2.45) is 5.92 Å². The third kappa shape index (κ3) is 3.59. The van der Waals surface area contributed by atoms with E-state index in [4.69, 9.17) is 0 Å². The summed E-state index contributed by atoms with van der Waals surface area (Å²) in [6.07, 6.45) is 4.15. The van der Waals surface area contributed by atoms with Crippen molar-refractivity contribution in [1.29, 1.82) is 0 Å². The number of hydrogen-bond acceptors (Lipinski definition) is 6. The fourth-order valence-corrected chi connectivity index (χ4v) is 3.37. The maximum atomic E-state index is 12.6. The van der Waals surface area contributed by atoms with Crippen LogP contribution >= 0.6 is 11.3 Å². The van der Waals surface area contributed by atoms with E-state index in [1.54, 1.807) is 4.90 Å². The number of aromatic nitrogens is 3. The highest BCUT2D eigenvalue weighted by atomic mass is 32.1. The van der Waals surface area contributed by atoms with Gasteiger partial charge in [-0.2, -0.15) is 0 Å². The molecule has 0 fully saturated rings. The lowest BCUT2D eigenvalue weighted by Gasteiger charge is -2.12. The minimum Gasteiger partial charge on any atom is -0.328 e. The topological polar surface area (TPSA) is 88.1 Å². The molecular weight excluding hydrogens is 326 g/mol. The zero-order valence-electron chi connectivity index (χ0n) is 13.9. The average Bonchev–Trinajstić information content (AvgIpc) is 3.11. The summed E-state index contributed by atoms with van der Waals surface area (Å²) in [6.45, 7) is 6.65. The van der Waals surface area contributed by atoms with Crippen molar-refractivity contribution in [1.82, 2.24) is 19.9 Å². The largest absolute Gasteiger partial charge is 0.328 e. The van der Waals surface area contributed by atoms with Crippen LogP contribution in [-0.2, 0) is 24.3 Å². The summed E-state index contributed by atoms with van der Waals surface area (Å²) in [5, 5.41) is 3.02. The Balaban J connectivity index is 1.71. The van der Waals surface area contributed by atoms with Crippen LogP contribution in [0.15, 0.2) is 12.4 Å². The summed E-state index contributed by atoms with van der Waals surface area (Å²) in [6, 6.07) is 0. The standard InChI is InChI=1S/C16H19N5O2S/c1-9(2)4-14-17-5-11-7-21(8-12(11)20-14)15(23)13-6-18-16(24-13)19-10(3)22/h5-6,9H,4,7-8H2,1-3H3,(H,18,19,22). The van der Waals surface area contributed by atoms with Gasteiger partial charge in [-0.05, 0) is 5.92 Å². The number of nitrogens with one attached hydrogen (secondary N) is 1. The van der Waals surface area contributed by atoms with Crippen LogP contribution in [0.4, 0.5) is 5.13 Å². The fourth-order valence-electron chi connectivity index (χ4n) is 2.54. The van der Waals surface area contributed by atoms with Crippen molar-refractivity contribution in [2.45, 2.75) is 40.3 Å². The predicted molar refractivity (Wildman–Crippen MR) is 90.6 cm³/mol. The van der Waals surface area contributed by atoms with Crippen LogP contribution in [-0.4, -0.2) is 31.7 Å². The van der Waals surface area contributed by atoms with E-state index in [9.17, 15) is 9.59 Å². The summed E-state index contributed by atoms with van der Waals surface area (Å²) in [7, 11) is 0. The van der Waals surface area contributed by atoms with E-state index < -0.39 is 0 Å². The van der Waals surface area contributed by atoms with Crippen LogP contribution in [0.25, 0.3) is 0 Å². The van der Waals surface area contributed by atoms with Gasteiger partial charge in [0.05, 0.1) is 18.4 Å². The Bertz CT molecular complexity index is 787. The molecule has 0 unspecified atom stereocenters. The predicted octanol–water partition coefficient (Wildman–Crippen LogP) is 2.25. The second-order valence-corrected chi connectivity index (χ2v) is 7.26. The Labute approximate surface area is 144 Å². The zero-order valence-corrected chi connectivity index (χ0v) is 14.7. The van der Waals surface area contributed by atoms with Crippen molar-refractivity contribution in [3.8, 4) is 0 Å². The number of anilines is 1. The first-order valence-corrected chi connectivity index (χ1v) is 8.60. The molecule has 0 aliphatic carbocycles. The van der Waals surface area contributed by atoms with Gasteiger partial charge < -0.3 is 10.2 Å². The lowest BCUT2D eigenvalue weighted by Crippen LogP contribution is -2.24. The third-order valence-corrected chi connectivity index (χ3v) is 4.48. The summed E-state index contributed by atoms with van der Waals surface area (Å²) in [5.74, 6) is 1.01. The monoisotopic (exact) mass is 345 g/mol. The van der Waals surface area contributed by atoms with Crippen LogP contribution in [0, 0.1) is 5.92 Å². The van der Waals surface area contributed by atoms with Gasteiger partial charge in [-0.25, -0.2) is 15.0 Å². The van der Waals surface area contributed by atoms with Crippen LogP contribution < -0.4 is 5.32 Å². The van der Waals surface area contributed by atoms with Crippen molar-refractivity contribution >= 4 is 28.3 Å². The normalized spacial score (nSPS) is 13.2. The second kappa shape index (κ2) is 6.64. The molecule has 0 aromatic carbocycles. The van der Waals surface area contributed by atoms with E-state index in [-0.39, 0.29) is 11.8 Å². The number of rotatable bonds is 4. The van der Waals surface area contributed by atoms with Gasteiger partial charge in [0.1, 0.15) is 10.7 Å². The number of carbonyl (C=O) groups is 2. The summed E-state index contributed by atoms with van der Waals surface area (Å²) in [5.41, 5.74) is 1.91. The molecule has 8 heteroatoms. The van der Waals surface area contributed by atoms with Crippen LogP contribution in [0.1, 0.15) is 47.5 Å². The zero-order chi connectivity index (χ0) is 17.3. The van der Waals surface area contributed by atoms with Gasteiger partial charge in [0.25, 0.3) is 5.91 Å². The minimum atomic E-state index is -0.204. The van der Waals surface area contributed by atoms with Gasteiger partial charge in [-0.3, -0.25) is 9.59 Å². The van der Waals surface area contributed by atoms with E-state index >= 15 is 0 Å². The molecular formula is C16H19N5O2S. The quantitative estimate of drug-likeness (QED) is 0.918. The first-order chi connectivity index (χ1) is 11.4. The molecule has 1 N–H and O–H groups in total. The molecule has 0 bridgehead atoms. The Morgan fingerprint density at radius 1 is 1.29 bits per heavy atom. The van der Waals surface area contributed by atoms with Crippen molar-refractivity contribution in [3.05, 3.63) is 34.4 Å². The van der Waals surface area contributed by atoms with Crippen LogP contribution in [0.5, 0.6) is 0 Å². The number of thiazole rings is 1. The van der Waals surface area contributed by atoms with Crippen LogP contribution in [0.3, 0.4) is 0 Å². The molecule has 2 aromatic heterocycles. The second-order valence-electron chi connectivity index (χ2n) is 6.23. The van der Waals surface area contributed by atoms with E-state index in [0.717, 1.165) is 23.5 Å². The first-order valence-electron chi connectivity index (χ1n) is 7.78. The lowest BCUT2D eigenvalue weighted by atomic mass is 10.1. The molecule has 3 rings (SSSR count). The number of carbonyl (C=O) groups excluding carboxylic acids is 2. The maximum absolute atomic E-state index is 12.6. The van der Waals surface area contributed by atoms with Crippen molar-refractivity contribution in [3.63, 3.8) is 0 Å². The molecule has 0 spiro atoms. The molecule has 7 nitrogen and oxygen atoms in total. The molecule has 0 atom stereocenters. The van der Waals surface area contributed by atoms with E-state index in [2.05, 4.69) is 34.1 Å². The molecule has 1 aliphatic rings. The van der Waals surface area contributed by atoms with Gasteiger partial charge >= 0.3 is 0 Å². The maximum Gasteiger partial charge on any atom is 0.266 e. The summed E-state index contributed by atoms with van der Waals surface area (Å²) >= 11 is 1.18. The molecule has 1 aliphatic heterocycles. The molecule has 2 amide bonds. The highest BCUT2D eigenvalue weighted by Gasteiger charge is 2.27. The van der Waals surface area contributed by atoms with Gasteiger partial charge in [0.15, 0.2) is 5.13 Å². The number of amides is 2. The van der Waals surface area contributed by atoms with Gasteiger partial charge in [0, 0.05) is 31.6 Å². The highest BCUT2D eigenvalue weighted by Crippen LogP contribution is 2.26. The SMILES string of the molecule is CC(=O)Nc1ncc(C(=O)N2Cc3cnc(CC(C)C)nc3C2)s1. The summed E-state index contributed by atoms with van der Waals surface area (Å²) in [4.78, 5) is 38.9. The molecule has 126 valence electrons. The first kappa shape index (κ1) is 16.5. The van der Waals surface area contributed by atoms with Gasteiger partial charge in [0.2, 0.25) is 5.91 Å². The van der Waals surface area contributed by atoms with E-state index in [1.165, 1.54) is 24.5 Å². The molecule has 2 aromatic rings. The molecule has 0 saturated carbocycles. The van der Waals surface area contributed by atoms with E-state index in [0.29, 0.717) is 29.0 Å². The molecule has 3 heterocycles. The van der Waals surface area contributed by atoms with Crippen molar-refractivity contribution in [2.75, 3.05) is 5.32 Å². The Morgan fingerprint density at radius 3 is 2.79 bits per heavy atom.